The number of carbonyl (C=O) groups excluding carboxylic acids is 1. The first-order valence-electron chi connectivity index (χ1n) is 12.7. The standard InChI is InChI=1S/C28H38N4O/c1-22-18-23(2)20-25(19-22)24-6-8-27(9-7-24)30-12-10-29(11-13-30)21-28(33)32-16-14-31(15-17-32)26-4-3-5-26/h6-9,18-20,26H,3-5,10-17,21H2,1-2H3. The first-order chi connectivity index (χ1) is 16.0. The molecule has 2 aromatic carbocycles. The molecule has 2 saturated heterocycles. The predicted molar refractivity (Wildman–Crippen MR) is 136 cm³/mol. The van der Waals surface area contributed by atoms with Crippen molar-refractivity contribution in [1.82, 2.24) is 14.7 Å². The first-order valence-corrected chi connectivity index (χ1v) is 12.7. The van der Waals surface area contributed by atoms with Gasteiger partial charge in [-0.3, -0.25) is 14.6 Å². The molecular formula is C28H38N4O. The van der Waals surface area contributed by atoms with E-state index in [-0.39, 0.29) is 0 Å². The summed E-state index contributed by atoms with van der Waals surface area (Å²) in [5.41, 5.74) is 6.45. The first kappa shape index (κ1) is 22.4. The van der Waals surface area contributed by atoms with Gasteiger partial charge in [0.2, 0.25) is 5.91 Å². The molecule has 1 amide bonds. The van der Waals surface area contributed by atoms with Gasteiger partial charge >= 0.3 is 0 Å². The van der Waals surface area contributed by atoms with Crippen molar-refractivity contribution >= 4 is 11.6 Å². The van der Waals surface area contributed by atoms with Crippen LogP contribution < -0.4 is 4.90 Å². The normalized spacial score (nSPS) is 20.7. The fraction of sp³-hybridized carbons (Fsp3) is 0.536. The summed E-state index contributed by atoms with van der Waals surface area (Å²) in [5, 5.41) is 0. The fourth-order valence-electron chi connectivity index (χ4n) is 5.55. The van der Waals surface area contributed by atoms with Crippen molar-refractivity contribution in [2.75, 3.05) is 63.8 Å². The van der Waals surface area contributed by atoms with E-state index in [0.29, 0.717) is 12.5 Å². The molecule has 0 aromatic heterocycles. The van der Waals surface area contributed by atoms with E-state index < -0.39 is 0 Å². The summed E-state index contributed by atoms with van der Waals surface area (Å²) in [7, 11) is 0. The van der Waals surface area contributed by atoms with Gasteiger partial charge in [-0.15, -0.1) is 0 Å². The topological polar surface area (TPSA) is 30.0 Å². The van der Waals surface area contributed by atoms with Gasteiger partial charge in [0.25, 0.3) is 0 Å². The highest BCUT2D eigenvalue weighted by Crippen LogP contribution is 2.27. The average Bonchev–Trinajstić information content (AvgIpc) is 2.78. The Balaban J connectivity index is 1.09. The smallest absolute Gasteiger partial charge is 0.236 e. The van der Waals surface area contributed by atoms with Gasteiger partial charge in [-0.25, -0.2) is 0 Å². The van der Waals surface area contributed by atoms with Crippen LogP contribution in [0, 0.1) is 13.8 Å². The lowest BCUT2D eigenvalue weighted by molar-refractivity contribution is -0.134. The number of rotatable bonds is 5. The van der Waals surface area contributed by atoms with Crippen LogP contribution in [0.2, 0.25) is 0 Å². The zero-order valence-corrected chi connectivity index (χ0v) is 20.3. The second kappa shape index (κ2) is 9.86. The van der Waals surface area contributed by atoms with Gasteiger partial charge < -0.3 is 9.80 Å². The average molecular weight is 447 g/mol. The summed E-state index contributed by atoms with van der Waals surface area (Å²) in [5.74, 6) is 0.314. The van der Waals surface area contributed by atoms with Crippen molar-refractivity contribution in [3.63, 3.8) is 0 Å². The minimum absolute atomic E-state index is 0.314. The number of carbonyl (C=O) groups is 1. The third kappa shape index (κ3) is 5.25. The van der Waals surface area contributed by atoms with Crippen molar-refractivity contribution in [1.29, 1.82) is 0 Å². The summed E-state index contributed by atoms with van der Waals surface area (Å²) in [6, 6.07) is 16.5. The lowest BCUT2D eigenvalue weighted by Gasteiger charge is -2.43. The zero-order valence-electron chi connectivity index (χ0n) is 20.3. The van der Waals surface area contributed by atoms with Crippen LogP contribution in [-0.2, 0) is 4.79 Å². The van der Waals surface area contributed by atoms with E-state index >= 15 is 0 Å². The molecule has 3 aliphatic rings. The Morgan fingerprint density at radius 2 is 1.42 bits per heavy atom. The van der Waals surface area contributed by atoms with E-state index in [0.717, 1.165) is 58.4 Å². The number of hydrogen-bond acceptors (Lipinski definition) is 4. The second-order valence-electron chi connectivity index (χ2n) is 10.2. The van der Waals surface area contributed by atoms with Gasteiger partial charge in [-0.1, -0.05) is 47.9 Å². The van der Waals surface area contributed by atoms with E-state index in [4.69, 9.17) is 0 Å². The molecule has 33 heavy (non-hydrogen) atoms. The highest BCUT2D eigenvalue weighted by atomic mass is 16.2. The Bertz CT molecular complexity index is 932. The monoisotopic (exact) mass is 446 g/mol. The van der Waals surface area contributed by atoms with E-state index in [9.17, 15) is 4.79 Å². The molecule has 0 N–H and O–H groups in total. The molecule has 176 valence electrons. The van der Waals surface area contributed by atoms with Crippen LogP contribution in [0.5, 0.6) is 0 Å². The maximum Gasteiger partial charge on any atom is 0.236 e. The summed E-state index contributed by atoms with van der Waals surface area (Å²) in [4.78, 5) is 22.3. The second-order valence-corrected chi connectivity index (χ2v) is 10.2. The van der Waals surface area contributed by atoms with Crippen LogP contribution in [0.4, 0.5) is 5.69 Å². The summed E-state index contributed by atoms with van der Waals surface area (Å²) in [6.07, 6.45) is 4.09. The number of piperazine rings is 2. The van der Waals surface area contributed by atoms with Crippen molar-refractivity contribution in [2.24, 2.45) is 0 Å². The number of hydrogen-bond donors (Lipinski definition) is 0. The highest BCUT2D eigenvalue weighted by Gasteiger charge is 2.30. The predicted octanol–water partition coefficient (Wildman–Crippen LogP) is 3.79. The van der Waals surface area contributed by atoms with Gasteiger partial charge in [0, 0.05) is 64.1 Å². The molecule has 2 heterocycles. The van der Waals surface area contributed by atoms with E-state index in [2.05, 4.69) is 75.9 Å². The third-order valence-corrected chi connectivity index (χ3v) is 7.78. The molecule has 2 aromatic rings. The van der Waals surface area contributed by atoms with Crippen molar-refractivity contribution < 1.29 is 4.79 Å². The summed E-state index contributed by atoms with van der Waals surface area (Å²) < 4.78 is 0. The molecular weight excluding hydrogens is 408 g/mol. The lowest BCUT2D eigenvalue weighted by atomic mass is 9.91. The number of aryl methyl sites for hydroxylation is 2. The minimum atomic E-state index is 0.314. The Hall–Kier alpha value is -2.37. The summed E-state index contributed by atoms with van der Waals surface area (Å²) >= 11 is 0. The molecule has 5 nitrogen and oxygen atoms in total. The molecule has 0 atom stereocenters. The van der Waals surface area contributed by atoms with Crippen LogP contribution in [0.25, 0.3) is 11.1 Å². The Kier molecular flexibility index (Phi) is 6.70. The van der Waals surface area contributed by atoms with Crippen molar-refractivity contribution in [3.05, 3.63) is 53.6 Å². The molecule has 5 rings (SSSR count). The Labute approximate surface area is 199 Å². The molecule has 2 aliphatic heterocycles. The zero-order chi connectivity index (χ0) is 22.8. The molecule has 1 saturated carbocycles. The molecule has 5 heteroatoms. The van der Waals surface area contributed by atoms with Crippen LogP contribution in [0.1, 0.15) is 30.4 Å². The van der Waals surface area contributed by atoms with Crippen LogP contribution in [-0.4, -0.2) is 85.6 Å². The fourth-order valence-corrected chi connectivity index (χ4v) is 5.55. The van der Waals surface area contributed by atoms with E-state index in [1.165, 1.54) is 47.2 Å². The van der Waals surface area contributed by atoms with Crippen LogP contribution in [0.3, 0.4) is 0 Å². The van der Waals surface area contributed by atoms with Gasteiger partial charge in [-0.2, -0.15) is 0 Å². The largest absolute Gasteiger partial charge is 0.369 e. The summed E-state index contributed by atoms with van der Waals surface area (Å²) in [6.45, 7) is 12.7. The molecule has 1 aliphatic carbocycles. The maximum absolute atomic E-state index is 12.9. The van der Waals surface area contributed by atoms with Gasteiger partial charge in [-0.05, 0) is 49.9 Å². The molecule has 0 bridgehead atoms. The van der Waals surface area contributed by atoms with Crippen LogP contribution >= 0.6 is 0 Å². The lowest BCUT2D eigenvalue weighted by Crippen LogP contribution is -2.56. The number of benzene rings is 2. The Morgan fingerprint density at radius 3 is 2.00 bits per heavy atom. The minimum Gasteiger partial charge on any atom is -0.369 e. The van der Waals surface area contributed by atoms with Gasteiger partial charge in [0.1, 0.15) is 0 Å². The molecule has 0 radical (unpaired) electrons. The highest BCUT2D eigenvalue weighted by molar-refractivity contribution is 5.78. The number of anilines is 1. The SMILES string of the molecule is Cc1cc(C)cc(-c2ccc(N3CCN(CC(=O)N4CCN(C5CCC5)CC4)CC3)cc2)c1. The third-order valence-electron chi connectivity index (χ3n) is 7.78. The number of amides is 1. The van der Waals surface area contributed by atoms with Crippen molar-refractivity contribution in [3.8, 4) is 11.1 Å². The van der Waals surface area contributed by atoms with Crippen LogP contribution in [0.15, 0.2) is 42.5 Å². The van der Waals surface area contributed by atoms with Gasteiger partial charge in [0.05, 0.1) is 6.54 Å². The molecule has 0 unspecified atom stereocenters. The number of nitrogens with zero attached hydrogens (tertiary/aromatic N) is 4. The van der Waals surface area contributed by atoms with Gasteiger partial charge in [0.15, 0.2) is 0 Å². The molecule has 0 spiro atoms. The quantitative estimate of drug-likeness (QED) is 0.699. The van der Waals surface area contributed by atoms with Crippen molar-refractivity contribution in [2.45, 2.75) is 39.2 Å². The maximum atomic E-state index is 12.9. The van der Waals surface area contributed by atoms with E-state index in [1.807, 2.05) is 0 Å². The van der Waals surface area contributed by atoms with E-state index in [1.54, 1.807) is 0 Å². The Morgan fingerprint density at radius 1 is 0.788 bits per heavy atom. The molecule has 3 fully saturated rings.